The second-order valence-electron chi connectivity index (χ2n) is 10.5. The number of hydrogen-bond donors (Lipinski definition) is 1. The van der Waals surface area contributed by atoms with E-state index in [-0.39, 0.29) is 11.1 Å². The van der Waals surface area contributed by atoms with Gasteiger partial charge in [0.25, 0.3) is 5.56 Å². The molecule has 1 atom stereocenters. The van der Waals surface area contributed by atoms with Crippen LogP contribution in [0.3, 0.4) is 0 Å². The first kappa shape index (κ1) is 25.2. The van der Waals surface area contributed by atoms with Gasteiger partial charge in [0.15, 0.2) is 5.82 Å². The van der Waals surface area contributed by atoms with Gasteiger partial charge >= 0.3 is 0 Å². The van der Waals surface area contributed by atoms with Gasteiger partial charge in [-0.2, -0.15) is 0 Å². The maximum atomic E-state index is 13.5. The number of piperazine rings is 1. The zero-order valence-corrected chi connectivity index (χ0v) is 22.6. The summed E-state index contributed by atoms with van der Waals surface area (Å²) in [7, 11) is 1.61. The summed E-state index contributed by atoms with van der Waals surface area (Å²) in [6, 6.07) is 13.2. The fourth-order valence-corrected chi connectivity index (χ4v) is 5.18. The third kappa shape index (κ3) is 4.93. The van der Waals surface area contributed by atoms with E-state index in [4.69, 9.17) is 16.3 Å². The summed E-state index contributed by atoms with van der Waals surface area (Å²) < 4.78 is 7.16. The Morgan fingerprint density at radius 2 is 1.81 bits per heavy atom. The minimum atomic E-state index is -0.410. The smallest absolute Gasteiger partial charge is 0.253 e. The molecule has 2 aromatic carbocycles. The maximum absolute atomic E-state index is 13.5. The fourth-order valence-electron chi connectivity index (χ4n) is 5.01. The lowest BCUT2D eigenvalue weighted by molar-refractivity contribution is 0.190. The minimum Gasteiger partial charge on any atom is -0.497 e. The molecule has 10 heteroatoms. The molecule has 0 amide bonds. The van der Waals surface area contributed by atoms with E-state index in [1.54, 1.807) is 7.11 Å². The normalized spacial score (nSPS) is 15.8. The Labute approximate surface area is 221 Å². The van der Waals surface area contributed by atoms with Gasteiger partial charge in [-0.3, -0.25) is 9.69 Å². The number of methoxy groups -OCH3 is 1. The number of nitrogens with one attached hydrogen (secondary N) is 1. The molecule has 0 aliphatic carbocycles. The lowest BCUT2D eigenvalue weighted by Crippen LogP contribution is -2.49. The molecule has 0 unspecified atom stereocenters. The summed E-state index contributed by atoms with van der Waals surface area (Å²) in [4.78, 5) is 21.2. The third-order valence-corrected chi connectivity index (χ3v) is 7.18. The average Bonchev–Trinajstić information content (AvgIpc) is 3.36. The lowest BCUT2D eigenvalue weighted by Gasteiger charge is -2.40. The molecule has 0 radical (unpaired) electrons. The van der Waals surface area contributed by atoms with Crippen molar-refractivity contribution < 1.29 is 4.74 Å². The van der Waals surface area contributed by atoms with Crippen LogP contribution in [0.25, 0.3) is 10.9 Å². The van der Waals surface area contributed by atoms with E-state index in [2.05, 4.69) is 58.0 Å². The number of benzene rings is 2. The Balaban J connectivity index is 1.55. The van der Waals surface area contributed by atoms with Crippen molar-refractivity contribution in [3.8, 4) is 5.75 Å². The molecule has 1 fully saturated rings. The average molecular weight is 522 g/mol. The molecule has 3 heterocycles. The predicted molar refractivity (Wildman–Crippen MR) is 146 cm³/mol. The van der Waals surface area contributed by atoms with Gasteiger partial charge in [0, 0.05) is 48.5 Å². The van der Waals surface area contributed by atoms with Crippen molar-refractivity contribution in [1.29, 1.82) is 0 Å². The van der Waals surface area contributed by atoms with Gasteiger partial charge in [0.2, 0.25) is 0 Å². The molecule has 1 saturated heterocycles. The van der Waals surface area contributed by atoms with E-state index in [0.717, 1.165) is 47.8 Å². The van der Waals surface area contributed by atoms with Gasteiger partial charge in [-0.1, -0.05) is 17.7 Å². The number of ether oxygens (including phenoxy) is 1. The number of H-pyrrole nitrogens is 1. The molecule has 194 valence electrons. The molecular formula is C27H32ClN7O2. The van der Waals surface area contributed by atoms with Crippen LogP contribution in [0.1, 0.15) is 43.8 Å². The van der Waals surface area contributed by atoms with E-state index in [1.807, 2.05) is 47.1 Å². The van der Waals surface area contributed by atoms with Gasteiger partial charge in [0.05, 0.1) is 18.2 Å². The molecule has 1 aliphatic rings. The Bertz CT molecular complexity index is 1480. The summed E-state index contributed by atoms with van der Waals surface area (Å²) in [6.07, 6.45) is 0. The van der Waals surface area contributed by atoms with Crippen molar-refractivity contribution >= 4 is 28.2 Å². The number of aromatic nitrogens is 5. The summed E-state index contributed by atoms with van der Waals surface area (Å²) >= 11 is 6.30. The molecule has 37 heavy (non-hydrogen) atoms. The second kappa shape index (κ2) is 9.79. The van der Waals surface area contributed by atoms with Crippen molar-refractivity contribution in [2.24, 2.45) is 0 Å². The van der Waals surface area contributed by atoms with Crippen molar-refractivity contribution in [2.75, 3.05) is 38.2 Å². The van der Waals surface area contributed by atoms with E-state index in [0.29, 0.717) is 17.1 Å². The molecule has 1 aliphatic heterocycles. The van der Waals surface area contributed by atoms with Crippen LogP contribution < -0.4 is 15.2 Å². The van der Waals surface area contributed by atoms with Crippen LogP contribution in [0.15, 0.2) is 47.3 Å². The van der Waals surface area contributed by atoms with E-state index >= 15 is 0 Å². The van der Waals surface area contributed by atoms with Crippen molar-refractivity contribution in [3.63, 3.8) is 0 Å². The standard InChI is InChI=1S/C27H32ClN7O2/c1-17-6-8-19(28)15-23(17)33-10-12-34(13-11-33)24(25-30-31-32-35(25)27(2,3)4)21-14-18-7-9-20(37-5)16-22(18)29-26(21)36/h6-9,14-16,24H,10-13H2,1-5H3,(H,29,36)/t24-/m1/s1. The largest absolute Gasteiger partial charge is 0.497 e. The third-order valence-electron chi connectivity index (χ3n) is 6.94. The van der Waals surface area contributed by atoms with Gasteiger partial charge in [0.1, 0.15) is 11.8 Å². The molecule has 5 rings (SSSR count). The van der Waals surface area contributed by atoms with Gasteiger partial charge < -0.3 is 14.6 Å². The zero-order valence-electron chi connectivity index (χ0n) is 21.8. The highest BCUT2D eigenvalue weighted by atomic mass is 35.5. The highest BCUT2D eigenvalue weighted by Gasteiger charge is 2.35. The summed E-state index contributed by atoms with van der Waals surface area (Å²) in [5, 5.41) is 14.4. The van der Waals surface area contributed by atoms with E-state index < -0.39 is 6.04 Å². The lowest BCUT2D eigenvalue weighted by atomic mass is 10.0. The van der Waals surface area contributed by atoms with E-state index in [1.165, 1.54) is 5.56 Å². The fraction of sp³-hybridized carbons (Fsp3) is 0.407. The minimum absolute atomic E-state index is 0.165. The number of tetrazole rings is 1. The molecule has 0 saturated carbocycles. The van der Waals surface area contributed by atoms with Crippen LogP contribution in [0.2, 0.25) is 5.02 Å². The number of halogens is 1. The molecular weight excluding hydrogens is 490 g/mol. The van der Waals surface area contributed by atoms with Crippen LogP contribution in [-0.4, -0.2) is 63.4 Å². The Kier molecular flexibility index (Phi) is 6.68. The molecule has 0 spiro atoms. The number of fused-ring (bicyclic) bond motifs is 1. The predicted octanol–water partition coefficient (Wildman–Crippen LogP) is 4.15. The van der Waals surface area contributed by atoms with Gasteiger partial charge in [-0.05, 0) is 79.4 Å². The van der Waals surface area contributed by atoms with Crippen molar-refractivity contribution in [2.45, 2.75) is 39.3 Å². The van der Waals surface area contributed by atoms with Crippen LogP contribution in [0, 0.1) is 6.92 Å². The first-order valence-corrected chi connectivity index (χ1v) is 12.8. The Hall–Kier alpha value is -3.43. The highest BCUT2D eigenvalue weighted by molar-refractivity contribution is 6.30. The number of aromatic amines is 1. The van der Waals surface area contributed by atoms with Crippen LogP contribution >= 0.6 is 11.6 Å². The topological polar surface area (TPSA) is 92.2 Å². The second-order valence-corrected chi connectivity index (χ2v) is 10.9. The number of pyridine rings is 1. The quantitative estimate of drug-likeness (QED) is 0.421. The Morgan fingerprint density at radius 1 is 1.05 bits per heavy atom. The molecule has 1 N–H and O–H groups in total. The number of aryl methyl sites for hydroxylation is 1. The van der Waals surface area contributed by atoms with Crippen LogP contribution in [0.4, 0.5) is 5.69 Å². The monoisotopic (exact) mass is 521 g/mol. The molecule has 9 nitrogen and oxygen atoms in total. The number of rotatable bonds is 5. The highest BCUT2D eigenvalue weighted by Crippen LogP contribution is 2.32. The van der Waals surface area contributed by atoms with Crippen LogP contribution in [0.5, 0.6) is 5.75 Å². The van der Waals surface area contributed by atoms with Crippen LogP contribution in [-0.2, 0) is 5.54 Å². The molecule has 0 bridgehead atoms. The van der Waals surface area contributed by atoms with E-state index in [9.17, 15) is 4.79 Å². The summed E-state index contributed by atoms with van der Waals surface area (Å²) in [6.45, 7) is 11.3. The SMILES string of the molecule is COc1ccc2cc([C@H](c3nnnn3C(C)(C)C)N3CCN(c4cc(Cl)ccc4C)CC3)c(=O)[nH]c2c1. The number of hydrogen-bond acceptors (Lipinski definition) is 7. The first-order chi connectivity index (χ1) is 17.7. The van der Waals surface area contributed by atoms with Gasteiger partial charge in [-0.25, -0.2) is 4.68 Å². The Morgan fingerprint density at radius 3 is 2.51 bits per heavy atom. The maximum Gasteiger partial charge on any atom is 0.253 e. The molecule has 4 aromatic rings. The molecule has 2 aromatic heterocycles. The first-order valence-electron chi connectivity index (χ1n) is 12.4. The van der Waals surface area contributed by atoms with Gasteiger partial charge in [-0.15, -0.1) is 5.10 Å². The summed E-state index contributed by atoms with van der Waals surface area (Å²) in [5.74, 6) is 1.34. The van der Waals surface area contributed by atoms with Crippen molar-refractivity contribution in [1.82, 2.24) is 30.1 Å². The zero-order chi connectivity index (χ0) is 26.3. The number of anilines is 1. The van der Waals surface area contributed by atoms with Crippen molar-refractivity contribution in [3.05, 3.63) is 74.8 Å². The number of nitrogens with zero attached hydrogens (tertiary/aromatic N) is 6. The summed E-state index contributed by atoms with van der Waals surface area (Å²) in [5.41, 5.74) is 3.15.